The van der Waals surface area contributed by atoms with Crippen LogP contribution in [0.5, 0.6) is 5.75 Å². The van der Waals surface area contributed by atoms with Gasteiger partial charge in [-0.3, -0.25) is 4.79 Å². The van der Waals surface area contributed by atoms with E-state index >= 15 is 0 Å². The van der Waals surface area contributed by atoms with Crippen LogP contribution in [0.1, 0.15) is 44.2 Å². The van der Waals surface area contributed by atoms with Crippen molar-refractivity contribution < 1.29 is 9.52 Å². The van der Waals surface area contributed by atoms with E-state index in [1.165, 1.54) is 0 Å². The molecule has 5 heteroatoms. The summed E-state index contributed by atoms with van der Waals surface area (Å²) in [6, 6.07) is 4.95. The Kier molecular flexibility index (Phi) is 2.81. The third-order valence-electron chi connectivity index (χ3n) is 5.05. The van der Waals surface area contributed by atoms with Crippen LogP contribution in [0.4, 0.5) is 0 Å². The molecule has 0 saturated carbocycles. The Morgan fingerprint density at radius 3 is 2.67 bits per heavy atom. The lowest BCUT2D eigenvalue weighted by Crippen LogP contribution is -2.41. The van der Waals surface area contributed by atoms with E-state index in [1.807, 2.05) is 26.8 Å². The van der Waals surface area contributed by atoms with Crippen LogP contribution in [-0.4, -0.2) is 9.67 Å². The van der Waals surface area contributed by atoms with Crippen LogP contribution in [0.15, 0.2) is 32.2 Å². The summed E-state index contributed by atoms with van der Waals surface area (Å²) < 4.78 is 7.09. The zero-order valence-electron chi connectivity index (χ0n) is 14.1. The second-order valence-corrected chi connectivity index (χ2v) is 7.46. The van der Waals surface area contributed by atoms with E-state index in [1.54, 1.807) is 4.57 Å². The predicted octanol–water partition coefficient (Wildman–Crippen LogP) is 3.36. The number of rotatable bonds is 0. The van der Waals surface area contributed by atoms with Crippen LogP contribution in [-0.2, 0) is 5.54 Å². The normalized spacial score (nSPS) is 19.1. The maximum atomic E-state index is 13.1. The molecule has 0 amide bonds. The molecule has 2 aromatic heterocycles. The van der Waals surface area contributed by atoms with Gasteiger partial charge in [0.25, 0.3) is 5.56 Å². The number of aromatic nitrogens is 1. The van der Waals surface area contributed by atoms with Crippen molar-refractivity contribution in [1.82, 2.24) is 4.57 Å². The van der Waals surface area contributed by atoms with Gasteiger partial charge in [-0.2, -0.15) is 0 Å². The summed E-state index contributed by atoms with van der Waals surface area (Å²) in [5.41, 5.74) is 1.71. The van der Waals surface area contributed by atoms with Crippen LogP contribution in [0, 0.1) is 6.92 Å². The molecule has 1 unspecified atom stereocenters. The highest BCUT2D eigenvalue weighted by atomic mass is 16.4. The molecule has 1 aliphatic rings. The molecular formula is C19H19NO4. The van der Waals surface area contributed by atoms with Crippen LogP contribution in [0.25, 0.3) is 21.9 Å². The molecule has 1 N–H and O–H groups in total. The molecule has 3 aromatic rings. The second kappa shape index (κ2) is 4.50. The number of nitrogens with zero attached hydrogens (tertiary/aromatic N) is 1. The van der Waals surface area contributed by atoms with E-state index in [0.717, 1.165) is 29.1 Å². The molecular weight excluding hydrogens is 306 g/mol. The van der Waals surface area contributed by atoms with Crippen molar-refractivity contribution in [3.05, 3.63) is 50.1 Å². The van der Waals surface area contributed by atoms with E-state index in [2.05, 4.69) is 13.0 Å². The van der Waals surface area contributed by atoms with Crippen molar-refractivity contribution in [1.29, 1.82) is 0 Å². The Balaban J connectivity index is 2.43. The van der Waals surface area contributed by atoms with Crippen molar-refractivity contribution in [2.45, 2.75) is 45.6 Å². The lowest BCUT2D eigenvalue weighted by Gasteiger charge is -2.38. The minimum absolute atomic E-state index is 0.0706. The predicted molar refractivity (Wildman–Crippen MR) is 93.0 cm³/mol. The summed E-state index contributed by atoms with van der Waals surface area (Å²) >= 11 is 0. The highest BCUT2D eigenvalue weighted by Gasteiger charge is 2.35. The zero-order valence-corrected chi connectivity index (χ0v) is 14.1. The number of aromatic hydroxyl groups is 1. The minimum Gasteiger partial charge on any atom is -0.507 e. The number of benzene rings is 1. The Labute approximate surface area is 138 Å². The standard InChI is InChI=1S/C19H19NO4/c1-9-5-11-10(2)8-19(3,4)20-16(11)12(6-9)17-15(18(20)23)13(21)7-14(22)24-17/h5-7,10,21H,8H2,1-4H3. The van der Waals surface area contributed by atoms with Gasteiger partial charge in [-0.25, -0.2) is 4.79 Å². The fourth-order valence-electron chi connectivity index (χ4n) is 4.22. The van der Waals surface area contributed by atoms with Gasteiger partial charge in [0.05, 0.1) is 11.6 Å². The van der Waals surface area contributed by atoms with Gasteiger partial charge in [0.2, 0.25) is 0 Å². The van der Waals surface area contributed by atoms with Gasteiger partial charge < -0.3 is 14.1 Å². The summed E-state index contributed by atoms with van der Waals surface area (Å²) in [7, 11) is 0. The minimum atomic E-state index is -0.661. The van der Waals surface area contributed by atoms with Gasteiger partial charge in [0.1, 0.15) is 11.1 Å². The Morgan fingerprint density at radius 2 is 1.96 bits per heavy atom. The quantitative estimate of drug-likeness (QED) is 0.643. The number of pyridine rings is 1. The van der Waals surface area contributed by atoms with Crippen molar-refractivity contribution >= 4 is 21.9 Å². The molecule has 24 heavy (non-hydrogen) atoms. The lowest BCUT2D eigenvalue weighted by atomic mass is 9.80. The molecule has 1 atom stereocenters. The molecule has 124 valence electrons. The SMILES string of the molecule is Cc1cc2c3c(c1)c1oc(=O)cc(O)c1c(=O)n3C(C)(C)CC2C. The topological polar surface area (TPSA) is 72.4 Å². The number of fused-ring (bicyclic) bond motifs is 2. The Bertz CT molecular complexity index is 1130. The van der Waals surface area contributed by atoms with Crippen molar-refractivity contribution in [2.75, 3.05) is 0 Å². The van der Waals surface area contributed by atoms with Gasteiger partial charge in [0.15, 0.2) is 5.58 Å². The molecule has 1 aromatic carbocycles. The molecule has 4 rings (SSSR count). The monoisotopic (exact) mass is 325 g/mol. The average Bonchev–Trinajstić information content (AvgIpc) is 2.44. The van der Waals surface area contributed by atoms with Gasteiger partial charge in [0, 0.05) is 10.9 Å². The van der Waals surface area contributed by atoms with Crippen LogP contribution in [0.3, 0.4) is 0 Å². The van der Waals surface area contributed by atoms with E-state index in [9.17, 15) is 14.7 Å². The maximum absolute atomic E-state index is 13.1. The number of aryl methyl sites for hydroxylation is 1. The lowest BCUT2D eigenvalue weighted by molar-refractivity contribution is 0.294. The molecule has 0 saturated heterocycles. The van der Waals surface area contributed by atoms with E-state index < -0.39 is 11.2 Å². The first kappa shape index (κ1) is 15.0. The molecule has 1 aliphatic heterocycles. The van der Waals surface area contributed by atoms with Crippen molar-refractivity contribution in [3.63, 3.8) is 0 Å². The van der Waals surface area contributed by atoms with Crippen LogP contribution in [0.2, 0.25) is 0 Å². The van der Waals surface area contributed by atoms with Gasteiger partial charge >= 0.3 is 5.63 Å². The summed E-state index contributed by atoms with van der Waals surface area (Å²) in [6.07, 6.45) is 0.821. The molecule has 0 fully saturated rings. The molecule has 0 bridgehead atoms. The molecule has 0 radical (unpaired) electrons. The van der Waals surface area contributed by atoms with Gasteiger partial charge in [-0.1, -0.05) is 13.0 Å². The molecule has 0 spiro atoms. The van der Waals surface area contributed by atoms with Crippen molar-refractivity contribution in [2.24, 2.45) is 0 Å². The maximum Gasteiger partial charge on any atom is 0.339 e. The summed E-state index contributed by atoms with van der Waals surface area (Å²) in [4.78, 5) is 24.9. The number of hydrogen-bond donors (Lipinski definition) is 1. The third-order valence-corrected chi connectivity index (χ3v) is 5.05. The first-order valence-corrected chi connectivity index (χ1v) is 8.07. The fraction of sp³-hybridized carbons (Fsp3) is 0.368. The molecule has 5 nitrogen and oxygen atoms in total. The van der Waals surface area contributed by atoms with Crippen LogP contribution < -0.4 is 11.2 Å². The summed E-state index contributed by atoms with van der Waals surface area (Å²) in [6.45, 7) is 8.17. The fourth-order valence-corrected chi connectivity index (χ4v) is 4.22. The largest absolute Gasteiger partial charge is 0.507 e. The first-order chi connectivity index (χ1) is 11.2. The average molecular weight is 325 g/mol. The van der Waals surface area contributed by atoms with E-state index in [4.69, 9.17) is 4.42 Å². The van der Waals surface area contributed by atoms with E-state index in [-0.39, 0.29) is 28.2 Å². The summed E-state index contributed by atoms with van der Waals surface area (Å²) in [5, 5.41) is 11.0. The van der Waals surface area contributed by atoms with Crippen molar-refractivity contribution in [3.8, 4) is 5.75 Å². The highest BCUT2D eigenvalue weighted by Crippen LogP contribution is 2.42. The van der Waals surface area contributed by atoms with E-state index in [0.29, 0.717) is 5.39 Å². The van der Waals surface area contributed by atoms with Crippen LogP contribution >= 0.6 is 0 Å². The van der Waals surface area contributed by atoms with Gasteiger partial charge in [-0.15, -0.1) is 0 Å². The molecule has 3 heterocycles. The number of hydrogen-bond acceptors (Lipinski definition) is 4. The first-order valence-electron chi connectivity index (χ1n) is 8.07. The zero-order chi connectivity index (χ0) is 17.4. The van der Waals surface area contributed by atoms with Gasteiger partial charge in [-0.05, 0) is 50.3 Å². The third kappa shape index (κ3) is 1.81. The Morgan fingerprint density at radius 1 is 1.25 bits per heavy atom. The smallest absolute Gasteiger partial charge is 0.339 e. The Hall–Kier alpha value is -2.56. The second-order valence-electron chi connectivity index (χ2n) is 7.46. The highest BCUT2D eigenvalue weighted by molar-refractivity contribution is 6.05. The summed E-state index contributed by atoms with van der Waals surface area (Å²) in [5.74, 6) is -0.0438. The molecule has 0 aliphatic carbocycles.